The number of fused-ring (bicyclic) bond motifs is 2. The molecule has 2 nitrogen and oxygen atoms in total. The summed E-state index contributed by atoms with van der Waals surface area (Å²) in [5, 5.41) is 0.763. The van der Waals surface area contributed by atoms with E-state index in [2.05, 4.69) is 6.07 Å². The quantitative estimate of drug-likeness (QED) is 0.815. The molecule has 88 valence electrons. The summed E-state index contributed by atoms with van der Waals surface area (Å²) in [6, 6.07) is 5.99. The van der Waals surface area contributed by atoms with Crippen molar-refractivity contribution < 1.29 is 4.79 Å². The molecule has 1 aromatic carbocycles. The zero-order chi connectivity index (χ0) is 12.0. The smallest absolute Gasteiger partial charge is 0.224 e. The van der Waals surface area contributed by atoms with Gasteiger partial charge in [-0.2, -0.15) is 0 Å². The molecule has 2 aliphatic carbocycles. The van der Waals surface area contributed by atoms with Crippen LogP contribution in [0.15, 0.2) is 23.8 Å². The molecule has 0 aliphatic heterocycles. The van der Waals surface area contributed by atoms with Gasteiger partial charge in [-0.25, -0.2) is 0 Å². The Bertz CT molecular complexity index is 533. The van der Waals surface area contributed by atoms with Crippen LogP contribution < -0.4 is 5.73 Å². The van der Waals surface area contributed by atoms with Crippen LogP contribution in [0.4, 0.5) is 0 Å². The van der Waals surface area contributed by atoms with Crippen LogP contribution in [0.2, 0.25) is 5.02 Å². The first kappa shape index (κ1) is 10.8. The number of carbonyl (C=O) groups is 1. The van der Waals surface area contributed by atoms with Gasteiger partial charge in [0.15, 0.2) is 0 Å². The lowest BCUT2D eigenvalue weighted by molar-refractivity contribution is -0.121. The molecule has 0 saturated carbocycles. The largest absolute Gasteiger partial charge is 0.369 e. The predicted octanol–water partition coefficient (Wildman–Crippen LogP) is 2.94. The lowest BCUT2D eigenvalue weighted by Gasteiger charge is -2.22. The third kappa shape index (κ3) is 1.67. The van der Waals surface area contributed by atoms with Crippen LogP contribution in [0.25, 0.3) is 5.57 Å². The molecule has 2 aliphatic rings. The van der Waals surface area contributed by atoms with Crippen molar-refractivity contribution in [2.45, 2.75) is 25.7 Å². The van der Waals surface area contributed by atoms with Gasteiger partial charge in [-0.15, -0.1) is 0 Å². The Morgan fingerprint density at radius 1 is 1.41 bits per heavy atom. The summed E-state index contributed by atoms with van der Waals surface area (Å²) in [7, 11) is 0. The maximum absolute atomic E-state index is 11.5. The van der Waals surface area contributed by atoms with Crippen LogP contribution in [0.5, 0.6) is 0 Å². The van der Waals surface area contributed by atoms with Gasteiger partial charge in [0, 0.05) is 5.02 Å². The van der Waals surface area contributed by atoms with Gasteiger partial charge >= 0.3 is 0 Å². The van der Waals surface area contributed by atoms with Crippen molar-refractivity contribution in [2.24, 2.45) is 11.7 Å². The lowest BCUT2D eigenvalue weighted by atomic mass is 9.82. The molecule has 0 bridgehead atoms. The molecule has 3 heteroatoms. The molecule has 0 saturated heterocycles. The number of hydrogen-bond acceptors (Lipinski definition) is 1. The maximum atomic E-state index is 11.5. The Hall–Kier alpha value is -1.28. The third-order valence-electron chi connectivity index (χ3n) is 3.85. The first-order chi connectivity index (χ1) is 8.16. The molecule has 1 amide bonds. The van der Waals surface area contributed by atoms with Gasteiger partial charge in [-0.05, 0) is 60.1 Å². The van der Waals surface area contributed by atoms with E-state index >= 15 is 0 Å². The third-order valence-corrected chi connectivity index (χ3v) is 4.08. The highest BCUT2D eigenvalue weighted by Crippen LogP contribution is 2.44. The van der Waals surface area contributed by atoms with E-state index < -0.39 is 0 Å². The minimum atomic E-state index is -0.184. The van der Waals surface area contributed by atoms with Crippen LogP contribution in [0.3, 0.4) is 0 Å². The van der Waals surface area contributed by atoms with E-state index in [4.69, 9.17) is 17.3 Å². The number of allylic oxidation sites excluding steroid dienone is 1. The summed E-state index contributed by atoms with van der Waals surface area (Å²) in [6.07, 6.45) is 3.86. The van der Waals surface area contributed by atoms with Gasteiger partial charge in [-0.1, -0.05) is 17.7 Å². The normalized spacial score (nSPS) is 22.3. The number of carbonyl (C=O) groups excluding carboxylic acids is 1. The molecule has 0 spiro atoms. The SMILES string of the molecule is NC(=O)C1CCCC2=C1Cc1ccc(Cl)cc12. The molecule has 2 N–H and O–H groups in total. The van der Waals surface area contributed by atoms with E-state index in [1.54, 1.807) is 0 Å². The van der Waals surface area contributed by atoms with E-state index in [0.717, 1.165) is 30.7 Å². The van der Waals surface area contributed by atoms with Crippen molar-refractivity contribution in [3.05, 3.63) is 39.9 Å². The average Bonchev–Trinajstić information content (AvgIpc) is 2.66. The highest BCUT2D eigenvalue weighted by molar-refractivity contribution is 6.30. The Morgan fingerprint density at radius 3 is 3.00 bits per heavy atom. The number of hydrogen-bond donors (Lipinski definition) is 1. The molecule has 17 heavy (non-hydrogen) atoms. The van der Waals surface area contributed by atoms with E-state index in [0.29, 0.717) is 0 Å². The van der Waals surface area contributed by atoms with Crippen LogP contribution in [0.1, 0.15) is 30.4 Å². The Morgan fingerprint density at radius 2 is 2.24 bits per heavy atom. The lowest BCUT2D eigenvalue weighted by Crippen LogP contribution is -2.27. The van der Waals surface area contributed by atoms with Crippen LogP contribution in [0, 0.1) is 5.92 Å². The highest BCUT2D eigenvalue weighted by Gasteiger charge is 2.32. The van der Waals surface area contributed by atoms with E-state index in [9.17, 15) is 4.79 Å². The van der Waals surface area contributed by atoms with E-state index in [1.807, 2.05) is 12.1 Å². The minimum absolute atomic E-state index is 0.0649. The molecule has 1 unspecified atom stereocenters. The van der Waals surface area contributed by atoms with E-state index in [-0.39, 0.29) is 11.8 Å². The second-order valence-corrected chi connectivity index (χ2v) is 5.27. The minimum Gasteiger partial charge on any atom is -0.369 e. The maximum Gasteiger partial charge on any atom is 0.224 e. The van der Waals surface area contributed by atoms with Crippen LogP contribution in [-0.2, 0) is 11.2 Å². The average molecular weight is 248 g/mol. The molecular weight excluding hydrogens is 234 g/mol. The van der Waals surface area contributed by atoms with E-state index in [1.165, 1.54) is 22.3 Å². The molecule has 1 atom stereocenters. The van der Waals surface area contributed by atoms with Gasteiger partial charge in [0.2, 0.25) is 5.91 Å². The Kier molecular flexibility index (Phi) is 2.48. The number of nitrogens with two attached hydrogens (primary N) is 1. The van der Waals surface area contributed by atoms with Crippen LogP contribution in [-0.4, -0.2) is 5.91 Å². The van der Waals surface area contributed by atoms with Crippen LogP contribution >= 0.6 is 11.6 Å². The Labute approximate surface area is 105 Å². The number of halogens is 1. The molecule has 0 fully saturated rings. The van der Waals surface area contributed by atoms with Gasteiger partial charge in [0.25, 0.3) is 0 Å². The summed E-state index contributed by atoms with van der Waals surface area (Å²) in [5.41, 5.74) is 10.6. The molecule has 3 rings (SSSR count). The number of benzene rings is 1. The fraction of sp³-hybridized carbons (Fsp3) is 0.357. The molecular formula is C14H14ClNO. The second-order valence-electron chi connectivity index (χ2n) is 4.83. The van der Waals surface area contributed by atoms with Crippen molar-refractivity contribution in [1.82, 2.24) is 0 Å². The predicted molar refractivity (Wildman–Crippen MR) is 68.6 cm³/mol. The monoisotopic (exact) mass is 247 g/mol. The summed E-state index contributed by atoms with van der Waals surface area (Å²) in [6.45, 7) is 0. The zero-order valence-corrected chi connectivity index (χ0v) is 10.3. The fourth-order valence-electron chi connectivity index (χ4n) is 3.07. The second kappa shape index (κ2) is 3.88. The molecule has 0 aromatic heterocycles. The van der Waals surface area contributed by atoms with Gasteiger partial charge in [0.05, 0.1) is 5.92 Å². The summed E-state index contributed by atoms with van der Waals surface area (Å²) in [5.74, 6) is -0.249. The zero-order valence-electron chi connectivity index (χ0n) is 9.50. The summed E-state index contributed by atoms with van der Waals surface area (Å²) in [4.78, 5) is 11.5. The van der Waals surface area contributed by atoms with Crippen molar-refractivity contribution in [2.75, 3.05) is 0 Å². The first-order valence-electron chi connectivity index (χ1n) is 5.97. The summed E-state index contributed by atoms with van der Waals surface area (Å²) < 4.78 is 0. The number of amides is 1. The van der Waals surface area contributed by atoms with Gasteiger partial charge in [0.1, 0.15) is 0 Å². The standard InChI is InChI=1S/C14H14ClNO/c15-9-5-4-8-6-13-10(12(8)7-9)2-1-3-11(13)14(16)17/h4-5,7,11H,1-3,6H2,(H2,16,17). The van der Waals surface area contributed by atoms with Crippen molar-refractivity contribution in [3.8, 4) is 0 Å². The molecule has 0 heterocycles. The fourth-order valence-corrected chi connectivity index (χ4v) is 3.24. The molecule has 0 radical (unpaired) electrons. The highest BCUT2D eigenvalue weighted by atomic mass is 35.5. The van der Waals surface area contributed by atoms with Gasteiger partial charge < -0.3 is 5.73 Å². The van der Waals surface area contributed by atoms with Crippen molar-refractivity contribution >= 4 is 23.1 Å². The topological polar surface area (TPSA) is 43.1 Å². The summed E-state index contributed by atoms with van der Waals surface area (Å²) >= 11 is 6.04. The van der Waals surface area contributed by atoms with Gasteiger partial charge in [-0.3, -0.25) is 4.79 Å². The number of primary amides is 1. The van der Waals surface area contributed by atoms with Crippen molar-refractivity contribution in [3.63, 3.8) is 0 Å². The Balaban J connectivity index is 2.09. The molecule has 1 aromatic rings. The van der Waals surface area contributed by atoms with Crippen molar-refractivity contribution in [1.29, 1.82) is 0 Å². The first-order valence-corrected chi connectivity index (χ1v) is 6.34. The number of rotatable bonds is 1.